The van der Waals surface area contributed by atoms with E-state index in [-0.39, 0.29) is 5.30 Å². The largest absolute Gasteiger partial charge is 0.561 e. The second-order valence-electron chi connectivity index (χ2n) is 2.66. The molecule has 0 radical (unpaired) electrons. The molecule has 0 bridgehead atoms. The van der Waals surface area contributed by atoms with Crippen molar-refractivity contribution in [2.24, 2.45) is 0 Å². The lowest BCUT2D eigenvalue weighted by Crippen LogP contribution is -2.20. The predicted octanol–water partition coefficient (Wildman–Crippen LogP) is 0.986. The Balaban J connectivity index is 2.33. The number of hydrogen-bond acceptors (Lipinski definition) is 5. The Morgan fingerprint density at radius 3 is 2.86 bits per heavy atom. The summed E-state index contributed by atoms with van der Waals surface area (Å²) in [5, 5.41) is -0.359. The zero-order valence-corrected chi connectivity index (χ0v) is 8.96. The van der Waals surface area contributed by atoms with Gasteiger partial charge in [-0.25, -0.2) is 0 Å². The molecule has 2 unspecified atom stereocenters. The predicted molar refractivity (Wildman–Crippen MR) is 50.5 cm³/mol. The van der Waals surface area contributed by atoms with E-state index in [0.29, 0.717) is 18.8 Å². The average Bonchev–Trinajstić information content (AvgIpc) is 2.52. The summed E-state index contributed by atoms with van der Waals surface area (Å²) >= 11 is -0.857. The van der Waals surface area contributed by atoms with E-state index in [2.05, 4.69) is 0 Å². The van der Waals surface area contributed by atoms with Crippen molar-refractivity contribution in [1.82, 2.24) is 0 Å². The van der Waals surface area contributed by atoms with Gasteiger partial charge in [0, 0.05) is 6.92 Å². The van der Waals surface area contributed by atoms with Gasteiger partial charge in [0.2, 0.25) is 0 Å². The Kier molecular flexibility index (Phi) is 4.21. The highest BCUT2D eigenvalue weighted by Gasteiger charge is 2.45. The lowest BCUT2D eigenvalue weighted by Gasteiger charge is -2.03. The van der Waals surface area contributed by atoms with Crippen LogP contribution in [-0.2, 0) is 29.6 Å². The second kappa shape index (κ2) is 5.21. The maximum atomic E-state index is 11.2. The molecule has 1 aliphatic rings. The Morgan fingerprint density at radius 2 is 2.29 bits per heavy atom. The van der Waals surface area contributed by atoms with Gasteiger partial charge in [-0.05, 0) is 6.92 Å². The minimum atomic E-state index is -0.857. The summed E-state index contributed by atoms with van der Waals surface area (Å²) in [5.74, 6) is 0.167. The SMILES string of the molecule is CCOC(=O)[S+]1CCC(OC(C)=O)O1. The Labute approximate surface area is 85.3 Å². The molecule has 6 heteroatoms. The number of hydrogen-bond donors (Lipinski definition) is 0. The maximum Gasteiger partial charge on any atom is 0.561 e. The fraction of sp³-hybridized carbons (Fsp3) is 0.750. The van der Waals surface area contributed by atoms with Crippen LogP contribution in [0.3, 0.4) is 0 Å². The van der Waals surface area contributed by atoms with Gasteiger partial charge in [0.05, 0.1) is 13.0 Å². The molecule has 0 saturated carbocycles. The fourth-order valence-electron chi connectivity index (χ4n) is 0.999. The van der Waals surface area contributed by atoms with Crippen LogP contribution < -0.4 is 0 Å². The molecule has 0 aliphatic carbocycles. The summed E-state index contributed by atoms with van der Waals surface area (Å²) in [6.07, 6.45) is -0.0261. The van der Waals surface area contributed by atoms with Gasteiger partial charge in [0.25, 0.3) is 17.5 Å². The molecule has 2 atom stereocenters. The molecule has 5 nitrogen and oxygen atoms in total. The van der Waals surface area contributed by atoms with Crippen LogP contribution in [0.5, 0.6) is 0 Å². The van der Waals surface area contributed by atoms with E-state index in [1.165, 1.54) is 6.92 Å². The Hall–Kier alpha value is -0.750. The maximum absolute atomic E-state index is 11.2. The van der Waals surface area contributed by atoms with Crippen molar-refractivity contribution in [3.63, 3.8) is 0 Å². The van der Waals surface area contributed by atoms with Crippen molar-refractivity contribution in [2.45, 2.75) is 26.6 Å². The number of ether oxygens (including phenoxy) is 2. The van der Waals surface area contributed by atoms with E-state index in [1.807, 2.05) is 0 Å². The summed E-state index contributed by atoms with van der Waals surface area (Å²) in [4.78, 5) is 21.8. The van der Waals surface area contributed by atoms with E-state index in [4.69, 9.17) is 13.7 Å². The molecule has 14 heavy (non-hydrogen) atoms. The van der Waals surface area contributed by atoms with Crippen LogP contribution >= 0.6 is 0 Å². The van der Waals surface area contributed by atoms with Crippen molar-refractivity contribution in [3.8, 4) is 0 Å². The molecule has 1 rings (SSSR count). The standard InChI is InChI=1S/C8H13O5S/c1-3-11-8(10)14-5-4-7(13-14)12-6(2)9/h7H,3-5H2,1-2H3/q+1. The van der Waals surface area contributed by atoms with Crippen LogP contribution in [0, 0.1) is 0 Å². The Bertz CT molecular complexity index is 230. The van der Waals surface area contributed by atoms with Gasteiger partial charge in [-0.2, -0.15) is 4.79 Å². The highest BCUT2D eigenvalue weighted by molar-refractivity contribution is 8.06. The van der Waals surface area contributed by atoms with Crippen LogP contribution in [0.25, 0.3) is 0 Å². The monoisotopic (exact) mass is 221 g/mol. The summed E-state index contributed by atoms with van der Waals surface area (Å²) in [5.41, 5.74) is 0. The molecule has 1 fully saturated rings. The van der Waals surface area contributed by atoms with E-state index in [0.717, 1.165) is 0 Å². The van der Waals surface area contributed by atoms with Gasteiger partial charge >= 0.3 is 11.3 Å². The van der Waals surface area contributed by atoms with Crippen molar-refractivity contribution in [3.05, 3.63) is 0 Å². The van der Waals surface area contributed by atoms with E-state index >= 15 is 0 Å². The molecule has 0 amide bonds. The number of carbonyl (C=O) groups is 2. The average molecular weight is 221 g/mol. The zero-order chi connectivity index (χ0) is 10.6. The van der Waals surface area contributed by atoms with Crippen LogP contribution in [0.4, 0.5) is 4.79 Å². The highest BCUT2D eigenvalue weighted by Crippen LogP contribution is 2.21. The number of rotatable bonds is 2. The molecular weight excluding hydrogens is 208 g/mol. The third-order valence-corrected chi connectivity index (χ3v) is 3.05. The minimum Gasteiger partial charge on any atom is -0.430 e. The molecule has 1 heterocycles. The third kappa shape index (κ3) is 3.19. The third-order valence-electron chi connectivity index (χ3n) is 1.51. The molecule has 80 valence electrons. The molecule has 1 saturated heterocycles. The fourth-order valence-corrected chi connectivity index (χ4v) is 2.39. The van der Waals surface area contributed by atoms with Gasteiger partial charge < -0.3 is 9.47 Å². The number of carbonyl (C=O) groups excluding carboxylic acids is 2. The van der Waals surface area contributed by atoms with Gasteiger partial charge in [0.15, 0.2) is 5.75 Å². The van der Waals surface area contributed by atoms with Crippen molar-refractivity contribution in [2.75, 3.05) is 12.4 Å². The van der Waals surface area contributed by atoms with Crippen molar-refractivity contribution in [1.29, 1.82) is 0 Å². The first kappa shape index (κ1) is 11.3. The first-order valence-corrected chi connectivity index (χ1v) is 5.67. The molecule has 0 aromatic carbocycles. The summed E-state index contributed by atoms with van der Waals surface area (Å²) in [6, 6.07) is 0. The molecule has 0 spiro atoms. The lowest BCUT2D eigenvalue weighted by atomic mass is 10.5. The first-order valence-electron chi connectivity index (χ1n) is 4.35. The zero-order valence-electron chi connectivity index (χ0n) is 8.15. The number of esters is 1. The normalized spacial score (nSPS) is 25.9. The summed E-state index contributed by atoms with van der Waals surface area (Å²) < 4.78 is 14.8. The molecule has 1 aliphatic heterocycles. The van der Waals surface area contributed by atoms with Gasteiger partial charge in [-0.3, -0.25) is 4.79 Å². The molecular formula is C8H13O5S+. The summed E-state index contributed by atoms with van der Waals surface area (Å²) in [7, 11) is 0. The van der Waals surface area contributed by atoms with Gasteiger partial charge in [-0.15, -0.1) is 4.18 Å². The molecule has 0 N–H and O–H groups in total. The van der Waals surface area contributed by atoms with Crippen molar-refractivity contribution < 1.29 is 23.2 Å². The van der Waals surface area contributed by atoms with Crippen LogP contribution in [-0.4, -0.2) is 29.9 Å². The van der Waals surface area contributed by atoms with E-state index in [1.54, 1.807) is 6.92 Å². The molecule has 0 aromatic rings. The van der Waals surface area contributed by atoms with Crippen molar-refractivity contribution >= 4 is 22.4 Å². The first-order chi connectivity index (χ1) is 6.63. The summed E-state index contributed by atoms with van der Waals surface area (Å²) in [6.45, 7) is 3.38. The van der Waals surface area contributed by atoms with E-state index in [9.17, 15) is 9.59 Å². The molecule has 0 aromatic heterocycles. The smallest absolute Gasteiger partial charge is 0.430 e. The van der Waals surface area contributed by atoms with Gasteiger partial charge in [-0.1, -0.05) is 0 Å². The van der Waals surface area contributed by atoms with Crippen LogP contribution in [0.15, 0.2) is 0 Å². The van der Waals surface area contributed by atoms with Crippen LogP contribution in [0.2, 0.25) is 0 Å². The lowest BCUT2D eigenvalue weighted by molar-refractivity contribution is -0.158. The Morgan fingerprint density at radius 1 is 1.57 bits per heavy atom. The van der Waals surface area contributed by atoms with Gasteiger partial charge in [0.1, 0.15) is 0 Å². The minimum absolute atomic E-state index is 0.337. The van der Waals surface area contributed by atoms with E-state index < -0.39 is 23.4 Å². The quantitative estimate of drug-likeness (QED) is 0.514. The van der Waals surface area contributed by atoms with Crippen LogP contribution in [0.1, 0.15) is 20.3 Å². The topological polar surface area (TPSA) is 61.8 Å². The highest BCUT2D eigenvalue weighted by atomic mass is 32.2. The second-order valence-corrected chi connectivity index (χ2v) is 4.28.